The zero-order valence-electron chi connectivity index (χ0n) is 15.3. The predicted octanol–water partition coefficient (Wildman–Crippen LogP) is 3.97. The van der Waals surface area contributed by atoms with Crippen LogP contribution in [0.1, 0.15) is 12.0 Å². The number of benzene rings is 2. The van der Waals surface area contributed by atoms with Crippen LogP contribution >= 0.6 is 0 Å². The maximum atomic E-state index is 9.67. The van der Waals surface area contributed by atoms with Gasteiger partial charge in [-0.15, -0.1) is 0 Å². The summed E-state index contributed by atoms with van der Waals surface area (Å²) in [6.07, 6.45) is 9.50. The van der Waals surface area contributed by atoms with Crippen molar-refractivity contribution in [3.8, 4) is 0 Å². The molecule has 0 fully saturated rings. The van der Waals surface area contributed by atoms with Crippen molar-refractivity contribution in [3.63, 3.8) is 0 Å². The van der Waals surface area contributed by atoms with Gasteiger partial charge in [-0.2, -0.15) is 0 Å². The monoisotopic (exact) mass is 409 g/mol. The molecule has 2 aromatic rings. The molecule has 0 amide bonds. The summed E-state index contributed by atoms with van der Waals surface area (Å²) in [5.74, 6) is 0. The van der Waals surface area contributed by atoms with E-state index in [2.05, 4.69) is 43.4 Å². The number of aryl methyl sites for hydroxylation is 1. The van der Waals surface area contributed by atoms with Gasteiger partial charge in [0, 0.05) is 0 Å². The van der Waals surface area contributed by atoms with E-state index in [0.29, 0.717) is 0 Å². The molecule has 1 radical (unpaired) electrons. The third kappa shape index (κ3) is 33.7. The molecule has 26 heavy (non-hydrogen) atoms. The summed E-state index contributed by atoms with van der Waals surface area (Å²) >= 11 is 0. The minimum Gasteiger partial charge on any atom is -1.00 e. The van der Waals surface area contributed by atoms with E-state index in [1.165, 1.54) is 5.56 Å². The van der Waals surface area contributed by atoms with E-state index in [-0.39, 0.29) is 36.6 Å². The molecular formula is C20H26BF4Fe. The van der Waals surface area contributed by atoms with Gasteiger partial charge in [0.25, 0.3) is 0 Å². The molecule has 6 heteroatoms. The standard InChI is InChI=1S/C7H8.C6H6.C5H6.2CH3.BF3.FH.Fe/c1-7-5-3-2-4-6-7;1-2-4-6-5-3-1;1-2-4-5-3-1;;;2-1(3)4;;/h2-6H,1H3;1-6H;1-4H,5H2;2*1H3;;1H;/q;;;2*-1;;;+3/p-1. The molecule has 0 spiro atoms. The van der Waals surface area contributed by atoms with Gasteiger partial charge in [0.15, 0.2) is 0 Å². The Balaban J connectivity index is -0.0000000730. The van der Waals surface area contributed by atoms with Gasteiger partial charge >= 0.3 is 24.6 Å². The first kappa shape index (κ1) is 35.4. The average molecular weight is 409 g/mol. The number of hydrogen-bond donors (Lipinski definition) is 0. The molecule has 1 aliphatic rings. The summed E-state index contributed by atoms with van der Waals surface area (Å²) in [6, 6.07) is 22.3. The van der Waals surface area contributed by atoms with Crippen molar-refractivity contribution in [2.24, 2.45) is 0 Å². The van der Waals surface area contributed by atoms with E-state index in [4.69, 9.17) is 0 Å². The minimum absolute atomic E-state index is 0. The second-order valence-corrected chi connectivity index (χ2v) is 4.15. The van der Waals surface area contributed by atoms with Crippen LogP contribution in [0.4, 0.5) is 12.9 Å². The molecule has 0 N–H and O–H groups in total. The summed E-state index contributed by atoms with van der Waals surface area (Å²) in [6.45, 7) is 2.08. The maximum Gasteiger partial charge on any atom is 3.00 e. The Bertz CT molecular complexity index is 466. The number of hydrogen-bond acceptors (Lipinski definition) is 0. The normalized spacial score (nSPS) is 8.62. The van der Waals surface area contributed by atoms with E-state index in [9.17, 15) is 12.9 Å². The van der Waals surface area contributed by atoms with Gasteiger partial charge in [-0.25, -0.2) is 0 Å². The van der Waals surface area contributed by atoms with Crippen molar-refractivity contribution in [1.29, 1.82) is 0 Å². The summed E-state index contributed by atoms with van der Waals surface area (Å²) in [5.41, 5.74) is 1.32. The zero-order chi connectivity index (χ0) is 16.5. The first-order chi connectivity index (χ1) is 10.6. The van der Waals surface area contributed by atoms with E-state index in [1.54, 1.807) is 0 Å². The summed E-state index contributed by atoms with van der Waals surface area (Å²) in [4.78, 5) is 0. The molecule has 2 aromatic carbocycles. The van der Waals surface area contributed by atoms with Crippen LogP contribution in [-0.4, -0.2) is 7.54 Å². The molecule has 0 saturated carbocycles. The summed E-state index contributed by atoms with van der Waals surface area (Å²) in [7, 11) is -3.67. The second kappa shape index (κ2) is 28.0. The molecule has 0 heterocycles. The van der Waals surface area contributed by atoms with Gasteiger partial charge in [-0.1, -0.05) is 96.6 Å². The van der Waals surface area contributed by atoms with Crippen LogP contribution in [-0.2, 0) is 17.1 Å². The molecular weight excluding hydrogens is 383 g/mol. The molecule has 0 atom stereocenters. The molecule has 0 saturated heterocycles. The zero-order valence-corrected chi connectivity index (χ0v) is 16.4. The average Bonchev–Trinajstić information content (AvgIpc) is 3.09. The fraction of sp³-hybridized carbons (Fsp3) is 0.100. The summed E-state index contributed by atoms with van der Waals surface area (Å²) < 4.78 is 29.0. The first-order valence-corrected chi connectivity index (χ1v) is 6.88. The van der Waals surface area contributed by atoms with Gasteiger partial charge in [-0.05, 0) is 13.3 Å². The maximum absolute atomic E-state index is 9.67. The SMILES string of the molecule is C1=CCC=C1.Cc1ccccc1.FB(F)F.[CH3-].[CH3-].[F-].[Fe+3].c1ccccc1. The van der Waals surface area contributed by atoms with Crippen molar-refractivity contribution < 1.29 is 34.7 Å². The smallest absolute Gasteiger partial charge is 1.00 e. The molecule has 0 nitrogen and oxygen atoms in total. The van der Waals surface area contributed by atoms with E-state index >= 15 is 0 Å². The van der Waals surface area contributed by atoms with Gasteiger partial charge in [0.2, 0.25) is 0 Å². The van der Waals surface area contributed by atoms with E-state index in [0.717, 1.165) is 6.42 Å². The predicted molar refractivity (Wildman–Crippen MR) is 102 cm³/mol. The molecule has 1 aliphatic carbocycles. The van der Waals surface area contributed by atoms with E-state index < -0.39 is 7.54 Å². The number of halogens is 4. The third-order valence-corrected chi connectivity index (χ3v) is 2.26. The fourth-order valence-corrected chi connectivity index (χ4v) is 1.31. The van der Waals surface area contributed by atoms with Crippen LogP contribution in [0.5, 0.6) is 0 Å². The van der Waals surface area contributed by atoms with E-state index in [1.807, 2.05) is 54.6 Å². The Labute approximate surface area is 167 Å². The first-order valence-electron chi connectivity index (χ1n) is 6.88. The summed E-state index contributed by atoms with van der Waals surface area (Å²) in [5, 5.41) is 0. The van der Waals surface area contributed by atoms with Gasteiger partial charge in [0.1, 0.15) is 0 Å². The Morgan fingerprint density at radius 1 is 0.692 bits per heavy atom. The Hall–Kier alpha value is -1.78. The molecule has 0 bridgehead atoms. The van der Waals surface area contributed by atoms with Crippen molar-refractivity contribution >= 4 is 7.54 Å². The van der Waals surface area contributed by atoms with Crippen molar-refractivity contribution in [2.75, 3.05) is 0 Å². The Morgan fingerprint density at radius 3 is 1.12 bits per heavy atom. The topological polar surface area (TPSA) is 0 Å². The number of allylic oxidation sites excluding steroid dienone is 4. The molecule has 3 rings (SSSR count). The molecule has 0 aromatic heterocycles. The van der Waals surface area contributed by atoms with Gasteiger partial charge < -0.3 is 19.6 Å². The van der Waals surface area contributed by atoms with Crippen LogP contribution in [0.15, 0.2) is 91.0 Å². The molecule has 0 aliphatic heterocycles. The van der Waals surface area contributed by atoms with Crippen LogP contribution in [0.3, 0.4) is 0 Å². The fourth-order valence-electron chi connectivity index (χ4n) is 1.31. The van der Waals surface area contributed by atoms with Crippen LogP contribution in [0.2, 0.25) is 0 Å². The third-order valence-electron chi connectivity index (χ3n) is 2.26. The quantitative estimate of drug-likeness (QED) is 0.351. The van der Waals surface area contributed by atoms with Crippen LogP contribution in [0.25, 0.3) is 0 Å². The Kier molecular flexibility index (Phi) is 38.1. The van der Waals surface area contributed by atoms with Crippen molar-refractivity contribution in [3.05, 3.63) is 111 Å². The largest absolute Gasteiger partial charge is 3.00 e. The van der Waals surface area contributed by atoms with Crippen LogP contribution < -0.4 is 4.70 Å². The van der Waals surface area contributed by atoms with Gasteiger partial charge in [0.05, 0.1) is 0 Å². The Morgan fingerprint density at radius 2 is 0.962 bits per heavy atom. The van der Waals surface area contributed by atoms with Crippen molar-refractivity contribution in [1.82, 2.24) is 0 Å². The van der Waals surface area contributed by atoms with Crippen molar-refractivity contribution in [2.45, 2.75) is 13.3 Å². The van der Waals surface area contributed by atoms with Gasteiger partial charge in [-0.3, -0.25) is 12.9 Å². The number of rotatable bonds is 0. The molecule has 0 unspecified atom stereocenters. The molecule has 145 valence electrons. The second-order valence-electron chi connectivity index (χ2n) is 4.15. The minimum atomic E-state index is -3.67. The van der Waals surface area contributed by atoms with Crippen LogP contribution in [0, 0.1) is 21.8 Å².